The molecule has 6 nitrogen and oxygen atoms in total. The van der Waals surface area contributed by atoms with E-state index in [2.05, 4.69) is 23.6 Å². The first-order valence-corrected chi connectivity index (χ1v) is 10.7. The number of hydrogen-bond donors (Lipinski definition) is 0. The van der Waals surface area contributed by atoms with Crippen LogP contribution in [0, 0.1) is 0 Å². The van der Waals surface area contributed by atoms with Crippen LogP contribution in [-0.4, -0.2) is 79.2 Å². The third-order valence-corrected chi connectivity index (χ3v) is 5.86. The molecule has 0 aliphatic carbocycles. The van der Waals surface area contributed by atoms with Crippen molar-refractivity contribution in [1.29, 1.82) is 0 Å². The summed E-state index contributed by atoms with van der Waals surface area (Å²) in [6, 6.07) is 5.94. The Balaban J connectivity index is 1.77. The maximum absolute atomic E-state index is 12.8. The second-order valence-corrected chi connectivity index (χ2v) is 8.17. The second kappa shape index (κ2) is 12.4. The van der Waals surface area contributed by atoms with Gasteiger partial charge in [-0.05, 0) is 44.2 Å². The van der Waals surface area contributed by atoms with Gasteiger partial charge in [0.1, 0.15) is 16.7 Å². The Morgan fingerprint density at radius 1 is 1.29 bits per heavy atom. The molecule has 1 aliphatic rings. The van der Waals surface area contributed by atoms with Gasteiger partial charge in [-0.3, -0.25) is 0 Å². The van der Waals surface area contributed by atoms with E-state index in [1.807, 2.05) is 4.31 Å². The highest BCUT2D eigenvalue weighted by Gasteiger charge is 2.25. The summed E-state index contributed by atoms with van der Waals surface area (Å²) in [6.45, 7) is 4.13. The molecular weight excluding hydrogens is 390 g/mol. The molecule has 1 aromatic carbocycles. The van der Waals surface area contributed by atoms with E-state index in [4.69, 9.17) is 9.47 Å². The Labute approximate surface area is 168 Å². The number of morpholine rings is 1. The predicted molar refractivity (Wildman–Crippen MR) is 104 cm³/mol. The van der Waals surface area contributed by atoms with Crippen LogP contribution in [0.5, 0.6) is 5.75 Å². The third kappa shape index (κ3) is 8.08. The highest BCUT2D eigenvalue weighted by atomic mass is 32.2. The van der Waals surface area contributed by atoms with Crippen molar-refractivity contribution >= 4 is 11.0 Å². The SMILES string of the molecule is CCCOCCN(C)CC[C@H]1CN(S(=O)c2ccc(OC(F)F)cc2)CCO1. The van der Waals surface area contributed by atoms with Crippen molar-refractivity contribution in [1.82, 2.24) is 9.21 Å². The summed E-state index contributed by atoms with van der Waals surface area (Å²) < 4.78 is 54.8. The van der Waals surface area contributed by atoms with Gasteiger partial charge in [-0.1, -0.05) is 6.92 Å². The molecule has 1 heterocycles. The molecule has 2 rings (SSSR count). The Hall–Kier alpha value is -1.13. The van der Waals surface area contributed by atoms with E-state index in [1.54, 1.807) is 12.1 Å². The van der Waals surface area contributed by atoms with E-state index in [-0.39, 0.29) is 11.9 Å². The number of nitrogens with zero attached hydrogens (tertiary/aromatic N) is 2. The molecule has 1 aliphatic heterocycles. The maximum atomic E-state index is 12.8. The monoisotopic (exact) mass is 420 g/mol. The van der Waals surface area contributed by atoms with Crippen LogP contribution in [0.2, 0.25) is 0 Å². The van der Waals surface area contributed by atoms with Crippen LogP contribution < -0.4 is 4.74 Å². The van der Waals surface area contributed by atoms with Crippen molar-refractivity contribution in [3.63, 3.8) is 0 Å². The summed E-state index contributed by atoms with van der Waals surface area (Å²) in [6.07, 6.45) is 1.88. The summed E-state index contributed by atoms with van der Waals surface area (Å²) in [5.41, 5.74) is 0. The molecule has 0 spiro atoms. The predicted octanol–water partition coefficient (Wildman–Crippen LogP) is 2.76. The summed E-state index contributed by atoms with van der Waals surface area (Å²) >= 11 is 0. The smallest absolute Gasteiger partial charge is 0.387 e. The van der Waals surface area contributed by atoms with Gasteiger partial charge in [0.25, 0.3) is 0 Å². The van der Waals surface area contributed by atoms with E-state index < -0.39 is 17.6 Å². The van der Waals surface area contributed by atoms with Crippen molar-refractivity contribution in [2.45, 2.75) is 37.4 Å². The van der Waals surface area contributed by atoms with Gasteiger partial charge in [-0.2, -0.15) is 8.78 Å². The fourth-order valence-corrected chi connectivity index (χ4v) is 4.06. The molecule has 1 aromatic rings. The van der Waals surface area contributed by atoms with Crippen molar-refractivity contribution in [2.75, 3.05) is 53.0 Å². The van der Waals surface area contributed by atoms with Crippen LogP contribution in [0.25, 0.3) is 0 Å². The first-order chi connectivity index (χ1) is 13.5. The van der Waals surface area contributed by atoms with Gasteiger partial charge in [0, 0.05) is 32.8 Å². The van der Waals surface area contributed by atoms with Crippen LogP contribution in [0.4, 0.5) is 8.78 Å². The van der Waals surface area contributed by atoms with E-state index in [0.717, 1.165) is 39.1 Å². The third-order valence-electron chi connectivity index (χ3n) is 4.39. The number of alkyl halides is 2. The molecule has 0 amide bonds. The average molecular weight is 421 g/mol. The number of rotatable bonds is 12. The van der Waals surface area contributed by atoms with Crippen LogP contribution in [0.3, 0.4) is 0 Å². The molecule has 1 saturated heterocycles. The fourth-order valence-electron chi connectivity index (χ4n) is 2.85. The van der Waals surface area contributed by atoms with Crippen molar-refractivity contribution < 1.29 is 27.2 Å². The van der Waals surface area contributed by atoms with E-state index in [1.165, 1.54) is 12.1 Å². The summed E-state index contributed by atoms with van der Waals surface area (Å²) in [5.74, 6) is 0.0570. The molecular formula is C19H30F2N2O4S. The highest BCUT2D eigenvalue weighted by molar-refractivity contribution is 7.82. The molecule has 9 heteroatoms. The lowest BCUT2D eigenvalue weighted by Crippen LogP contribution is -2.44. The first kappa shape index (κ1) is 23.2. The lowest BCUT2D eigenvalue weighted by Gasteiger charge is -2.32. The van der Waals surface area contributed by atoms with Crippen LogP contribution in [-0.2, 0) is 20.5 Å². The zero-order valence-electron chi connectivity index (χ0n) is 16.5. The molecule has 0 bridgehead atoms. The lowest BCUT2D eigenvalue weighted by atomic mass is 10.2. The number of hydrogen-bond acceptors (Lipinski definition) is 5. The largest absolute Gasteiger partial charge is 0.435 e. The summed E-state index contributed by atoms with van der Waals surface area (Å²) in [4.78, 5) is 2.77. The second-order valence-electron chi connectivity index (χ2n) is 6.68. The number of likely N-dealkylation sites (N-methyl/N-ethyl adjacent to an activating group) is 1. The minimum atomic E-state index is -2.87. The number of ether oxygens (including phenoxy) is 3. The molecule has 28 heavy (non-hydrogen) atoms. The van der Waals surface area contributed by atoms with Gasteiger partial charge in [0.05, 0.1) is 24.2 Å². The average Bonchev–Trinajstić information content (AvgIpc) is 2.69. The molecule has 0 aromatic heterocycles. The van der Waals surface area contributed by atoms with Gasteiger partial charge in [0.2, 0.25) is 0 Å². The lowest BCUT2D eigenvalue weighted by molar-refractivity contribution is -0.0498. The quantitative estimate of drug-likeness (QED) is 0.487. The summed E-state index contributed by atoms with van der Waals surface area (Å²) in [5, 5.41) is 0. The van der Waals surface area contributed by atoms with E-state index >= 15 is 0 Å². The van der Waals surface area contributed by atoms with E-state index in [9.17, 15) is 13.0 Å². The zero-order valence-corrected chi connectivity index (χ0v) is 17.3. The Bertz CT molecular complexity index is 592. The zero-order chi connectivity index (χ0) is 20.4. The maximum Gasteiger partial charge on any atom is 0.387 e. The van der Waals surface area contributed by atoms with Gasteiger partial charge in [-0.15, -0.1) is 0 Å². The van der Waals surface area contributed by atoms with Crippen LogP contribution in [0.15, 0.2) is 29.2 Å². The van der Waals surface area contributed by atoms with Crippen LogP contribution in [0.1, 0.15) is 19.8 Å². The van der Waals surface area contributed by atoms with Crippen LogP contribution >= 0.6 is 0 Å². The van der Waals surface area contributed by atoms with Gasteiger partial charge >= 0.3 is 6.61 Å². The van der Waals surface area contributed by atoms with Gasteiger partial charge in [-0.25, -0.2) is 8.51 Å². The molecule has 1 unspecified atom stereocenters. The minimum absolute atomic E-state index is 0.0122. The fraction of sp³-hybridized carbons (Fsp3) is 0.684. The number of halogens is 2. The highest BCUT2D eigenvalue weighted by Crippen LogP contribution is 2.20. The van der Waals surface area contributed by atoms with E-state index in [0.29, 0.717) is 24.6 Å². The molecule has 0 radical (unpaired) electrons. The Morgan fingerprint density at radius 3 is 2.71 bits per heavy atom. The summed E-state index contributed by atoms with van der Waals surface area (Å²) in [7, 11) is 0.696. The first-order valence-electron chi connectivity index (χ1n) is 9.59. The molecule has 0 saturated carbocycles. The topological polar surface area (TPSA) is 51.2 Å². The molecule has 1 fully saturated rings. The van der Waals surface area contributed by atoms with Crippen molar-refractivity contribution in [3.05, 3.63) is 24.3 Å². The molecule has 160 valence electrons. The molecule has 2 atom stereocenters. The van der Waals surface area contributed by atoms with Gasteiger partial charge in [0.15, 0.2) is 0 Å². The van der Waals surface area contributed by atoms with Crippen molar-refractivity contribution in [3.8, 4) is 5.75 Å². The number of benzene rings is 1. The normalized spacial score (nSPS) is 19.3. The van der Waals surface area contributed by atoms with Gasteiger partial charge < -0.3 is 19.1 Å². The van der Waals surface area contributed by atoms with Crippen molar-refractivity contribution in [2.24, 2.45) is 0 Å². The minimum Gasteiger partial charge on any atom is -0.435 e. The molecule has 0 N–H and O–H groups in total. The standard InChI is InChI=1S/C19H30F2N2O4S/c1-3-12-25-13-10-22(2)9-8-17-15-23(11-14-26-17)28(24)18-6-4-16(5-7-18)27-19(20)21/h4-7,17,19H,3,8-15H2,1-2H3/t17-,28?/m0/s1. The Kier molecular flexibility index (Phi) is 10.3. The Morgan fingerprint density at radius 2 is 2.04 bits per heavy atom.